The van der Waals surface area contributed by atoms with Crippen molar-refractivity contribution in [1.82, 2.24) is 0 Å². The van der Waals surface area contributed by atoms with Gasteiger partial charge < -0.3 is 4.74 Å². The van der Waals surface area contributed by atoms with Gasteiger partial charge >= 0.3 is 0 Å². The predicted molar refractivity (Wildman–Crippen MR) is 108 cm³/mol. The van der Waals surface area contributed by atoms with Crippen LogP contribution in [0.5, 0.6) is 5.75 Å². The molecule has 0 amide bonds. The molecule has 0 aliphatic rings. The van der Waals surface area contributed by atoms with Crippen LogP contribution in [0.4, 0.5) is 0 Å². The fraction of sp³-hybridized carbons (Fsp3) is 0.500. The van der Waals surface area contributed by atoms with Crippen LogP contribution < -0.4 is 4.74 Å². The summed E-state index contributed by atoms with van der Waals surface area (Å²) in [6, 6.07) is 14.7. The Morgan fingerprint density at radius 1 is 0.957 bits per heavy atom. The quantitative estimate of drug-likeness (QED) is 0.382. The first-order valence-corrected chi connectivity index (χ1v) is 10.6. The van der Waals surface area contributed by atoms with Crippen molar-refractivity contribution in [3.8, 4) is 5.75 Å². The number of halogens is 2. The highest BCUT2D eigenvalue weighted by Crippen LogP contribution is 2.30. The lowest BCUT2D eigenvalue weighted by Crippen LogP contribution is -2.27. The molecule has 0 aliphatic heterocycles. The van der Waals surface area contributed by atoms with E-state index in [2.05, 4.69) is 88.2 Å². The fourth-order valence-electron chi connectivity index (χ4n) is 2.85. The molecule has 0 bridgehead atoms. The van der Waals surface area contributed by atoms with Gasteiger partial charge in [0.25, 0.3) is 0 Å². The summed E-state index contributed by atoms with van der Waals surface area (Å²) < 4.78 is 6.38. The third-order valence-corrected chi connectivity index (χ3v) is 6.44. The lowest BCUT2D eigenvalue weighted by Gasteiger charge is -2.25. The SMILES string of the molecule is CCC(CBr)CCC(Br)C(CC)Oc1cccc2ccccc12. The van der Waals surface area contributed by atoms with E-state index in [1.807, 2.05) is 0 Å². The van der Waals surface area contributed by atoms with Crippen LogP contribution in [0.2, 0.25) is 0 Å². The third-order valence-electron chi connectivity index (χ3n) is 4.48. The number of benzene rings is 2. The molecule has 2 rings (SSSR count). The minimum Gasteiger partial charge on any atom is -0.489 e. The molecule has 0 heterocycles. The minimum absolute atomic E-state index is 0.202. The Morgan fingerprint density at radius 3 is 2.39 bits per heavy atom. The third kappa shape index (κ3) is 5.22. The summed E-state index contributed by atoms with van der Waals surface area (Å²) in [7, 11) is 0. The average molecular weight is 442 g/mol. The predicted octanol–water partition coefficient (Wildman–Crippen LogP) is 6.96. The highest BCUT2D eigenvalue weighted by atomic mass is 79.9. The van der Waals surface area contributed by atoms with E-state index in [-0.39, 0.29) is 6.10 Å². The van der Waals surface area contributed by atoms with Crippen LogP contribution in [0.25, 0.3) is 10.8 Å². The molecule has 0 saturated heterocycles. The number of hydrogen-bond donors (Lipinski definition) is 0. The van der Waals surface area contributed by atoms with Crippen molar-refractivity contribution in [2.45, 2.75) is 50.5 Å². The standard InChI is InChI=1S/C20H26Br2O/c1-3-15(14-21)12-13-18(22)19(4-2)23-20-11-7-9-16-8-5-6-10-17(16)20/h5-11,15,18-19H,3-4,12-14H2,1-2H3. The van der Waals surface area contributed by atoms with Gasteiger partial charge in [0, 0.05) is 10.7 Å². The highest BCUT2D eigenvalue weighted by molar-refractivity contribution is 9.09. The van der Waals surface area contributed by atoms with Gasteiger partial charge in [-0.2, -0.15) is 0 Å². The van der Waals surface area contributed by atoms with Crippen molar-refractivity contribution >= 4 is 42.6 Å². The summed E-state index contributed by atoms with van der Waals surface area (Å²) >= 11 is 7.49. The molecular formula is C20H26Br2O. The Hall–Kier alpha value is -0.540. The largest absolute Gasteiger partial charge is 0.489 e. The van der Waals surface area contributed by atoms with Gasteiger partial charge in [-0.1, -0.05) is 88.5 Å². The Kier molecular flexibility index (Phi) is 7.91. The summed E-state index contributed by atoms with van der Waals surface area (Å²) in [6.07, 6.45) is 4.81. The maximum absolute atomic E-state index is 6.38. The topological polar surface area (TPSA) is 9.23 Å². The molecule has 0 aliphatic carbocycles. The molecule has 0 spiro atoms. The fourth-order valence-corrected chi connectivity index (χ4v) is 4.37. The second-order valence-corrected chi connectivity index (χ2v) is 7.89. The van der Waals surface area contributed by atoms with Crippen molar-refractivity contribution in [2.24, 2.45) is 5.92 Å². The van der Waals surface area contributed by atoms with Gasteiger partial charge in [0.2, 0.25) is 0 Å². The Labute approximate surface area is 157 Å². The second kappa shape index (κ2) is 9.68. The minimum atomic E-state index is 0.202. The van der Waals surface area contributed by atoms with E-state index in [1.54, 1.807) is 0 Å². The van der Waals surface area contributed by atoms with E-state index in [0.29, 0.717) is 4.83 Å². The molecule has 0 saturated carbocycles. The molecule has 1 nitrogen and oxygen atoms in total. The molecule has 3 heteroatoms. The lowest BCUT2D eigenvalue weighted by atomic mass is 9.99. The van der Waals surface area contributed by atoms with Crippen LogP contribution in [0.3, 0.4) is 0 Å². The van der Waals surface area contributed by atoms with Crippen LogP contribution >= 0.6 is 31.9 Å². The van der Waals surface area contributed by atoms with Crippen LogP contribution in [0.15, 0.2) is 42.5 Å². The van der Waals surface area contributed by atoms with E-state index >= 15 is 0 Å². The van der Waals surface area contributed by atoms with Crippen LogP contribution in [-0.4, -0.2) is 16.3 Å². The second-order valence-electron chi connectivity index (χ2n) is 6.06. The zero-order chi connectivity index (χ0) is 16.7. The maximum atomic E-state index is 6.38. The molecule has 3 atom stereocenters. The van der Waals surface area contributed by atoms with Gasteiger partial charge in [0.05, 0.1) is 4.83 Å². The van der Waals surface area contributed by atoms with Crippen molar-refractivity contribution in [2.75, 3.05) is 5.33 Å². The first-order chi connectivity index (χ1) is 11.2. The molecular weight excluding hydrogens is 416 g/mol. The Morgan fingerprint density at radius 2 is 1.70 bits per heavy atom. The average Bonchev–Trinajstić information content (AvgIpc) is 2.60. The summed E-state index contributed by atoms with van der Waals surface area (Å²) in [5.74, 6) is 1.75. The normalized spacial score (nSPS) is 15.3. The molecule has 2 aromatic rings. The molecule has 0 radical (unpaired) electrons. The van der Waals surface area contributed by atoms with Crippen LogP contribution in [0, 0.1) is 5.92 Å². The van der Waals surface area contributed by atoms with Crippen LogP contribution in [-0.2, 0) is 0 Å². The number of fused-ring (bicyclic) bond motifs is 1. The van der Waals surface area contributed by atoms with E-state index in [1.165, 1.54) is 23.6 Å². The van der Waals surface area contributed by atoms with Crippen molar-refractivity contribution < 1.29 is 4.74 Å². The first-order valence-electron chi connectivity index (χ1n) is 8.54. The maximum Gasteiger partial charge on any atom is 0.127 e. The molecule has 0 fully saturated rings. The van der Waals surface area contributed by atoms with Gasteiger partial charge in [0.1, 0.15) is 11.9 Å². The van der Waals surface area contributed by atoms with Gasteiger partial charge in [-0.25, -0.2) is 0 Å². The Balaban J connectivity index is 2.06. The zero-order valence-electron chi connectivity index (χ0n) is 14.0. The number of rotatable bonds is 9. The number of alkyl halides is 2. The molecule has 0 N–H and O–H groups in total. The van der Waals surface area contributed by atoms with Gasteiger partial charge in [0.15, 0.2) is 0 Å². The molecule has 126 valence electrons. The van der Waals surface area contributed by atoms with Gasteiger partial charge in [-0.15, -0.1) is 0 Å². The van der Waals surface area contributed by atoms with Gasteiger partial charge in [-0.3, -0.25) is 0 Å². The lowest BCUT2D eigenvalue weighted by molar-refractivity contribution is 0.191. The van der Waals surface area contributed by atoms with E-state index in [9.17, 15) is 0 Å². The summed E-state index contributed by atoms with van der Waals surface area (Å²) in [5, 5.41) is 3.51. The van der Waals surface area contributed by atoms with Crippen molar-refractivity contribution in [3.05, 3.63) is 42.5 Å². The van der Waals surface area contributed by atoms with Crippen molar-refractivity contribution in [1.29, 1.82) is 0 Å². The molecule has 3 unspecified atom stereocenters. The van der Waals surface area contributed by atoms with E-state index in [0.717, 1.165) is 29.8 Å². The monoisotopic (exact) mass is 440 g/mol. The highest BCUT2D eigenvalue weighted by Gasteiger charge is 2.21. The summed E-state index contributed by atoms with van der Waals surface area (Å²) in [5.41, 5.74) is 0. The molecule has 23 heavy (non-hydrogen) atoms. The van der Waals surface area contributed by atoms with E-state index < -0.39 is 0 Å². The molecule has 0 aromatic heterocycles. The zero-order valence-corrected chi connectivity index (χ0v) is 17.1. The van der Waals surface area contributed by atoms with Gasteiger partial charge in [-0.05, 0) is 36.6 Å². The molecule has 2 aromatic carbocycles. The smallest absolute Gasteiger partial charge is 0.127 e. The first kappa shape index (κ1) is 18.8. The summed E-state index contributed by atoms with van der Waals surface area (Å²) in [4.78, 5) is 0.388. The van der Waals surface area contributed by atoms with Crippen LogP contribution in [0.1, 0.15) is 39.5 Å². The number of hydrogen-bond acceptors (Lipinski definition) is 1. The summed E-state index contributed by atoms with van der Waals surface area (Å²) in [6.45, 7) is 4.46. The number of ether oxygens (including phenoxy) is 1. The van der Waals surface area contributed by atoms with Crippen molar-refractivity contribution in [3.63, 3.8) is 0 Å². The Bertz CT molecular complexity index is 590. The van der Waals surface area contributed by atoms with E-state index in [4.69, 9.17) is 4.74 Å².